The Hall–Kier alpha value is -1.81. The number of hydrogen-bond acceptors (Lipinski definition) is 1. The molecule has 1 heterocycles. The van der Waals surface area contributed by atoms with Crippen LogP contribution in [0.4, 0.5) is 13.2 Å². The van der Waals surface area contributed by atoms with Gasteiger partial charge in [-0.25, -0.2) is 0 Å². The van der Waals surface area contributed by atoms with Crippen LogP contribution in [-0.2, 0) is 6.18 Å². The first-order valence-corrected chi connectivity index (χ1v) is 7.02. The fraction of sp³-hybridized carbons (Fsp3) is 0.294. The van der Waals surface area contributed by atoms with E-state index in [2.05, 4.69) is 5.32 Å². The zero-order chi connectivity index (χ0) is 14.9. The molecule has 0 amide bonds. The monoisotopic (exact) mass is 291 g/mol. The first-order valence-electron chi connectivity index (χ1n) is 7.02. The third kappa shape index (κ3) is 2.81. The molecular formula is C17H16F3N. The molecule has 4 heteroatoms. The summed E-state index contributed by atoms with van der Waals surface area (Å²) in [5.74, 6) is 0.0784. The lowest BCUT2D eigenvalue weighted by Gasteiger charge is -2.24. The Bertz CT molecular complexity index is 607. The molecule has 110 valence electrons. The minimum absolute atomic E-state index is 0.0784. The van der Waals surface area contributed by atoms with Crippen molar-refractivity contribution in [1.29, 1.82) is 0 Å². The van der Waals surface area contributed by atoms with Crippen molar-refractivity contribution >= 4 is 0 Å². The first kappa shape index (κ1) is 14.1. The molecule has 0 aliphatic carbocycles. The second-order valence-electron chi connectivity index (χ2n) is 5.32. The van der Waals surface area contributed by atoms with Crippen molar-refractivity contribution < 1.29 is 13.2 Å². The van der Waals surface area contributed by atoms with E-state index in [-0.39, 0.29) is 12.0 Å². The Balaban J connectivity index is 2.00. The summed E-state index contributed by atoms with van der Waals surface area (Å²) in [6.45, 7) is 0.733. The Morgan fingerprint density at radius 2 is 1.57 bits per heavy atom. The number of halogens is 3. The van der Waals surface area contributed by atoms with E-state index < -0.39 is 11.7 Å². The van der Waals surface area contributed by atoms with Gasteiger partial charge in [0.25, 0.3) is 0 Å². The molecule has 2 atom stereocenters. The summed E-state index contributed by atoms with van der Waals surface area (Å²) < 4.78 is 39.6. The Morgan fingerprint density at radius 1 is 0.905 bits per heavy atom. The summed E-state index contributed by atoms with van der Waals surface area (Å²) in [7, 11) is 0. The van der Waals surface area contributed by atoms with Gasteiger partial charge in [-0.2, -0.15) is 13.2 Å². The minimum atomic E-state index is -4.32. The predicted molar refractivity (Wildman–Crippen MR) is 76.0 cm³/mol. The lowest BCUT2D eigenvalue weighted by Crippen LogP contribution is -2.21. The zero-order valence-electron chi connectivity index (χ0n) is 11.4. The molecule has 2 aromatic carbocycles. The van der Waals surface area contributed by atoms with Gasteiger partial charge >= 0.3 is 6.18 Å². The van der Waals surface area contributed by atoms with Gasteiger partial charge in [-0.1, -0.05) is 48.5 Å². The summed E-state index contributed by atoms with van der Waals surface area (Å²) in [6.07, 6.45) is -3.47. The summed E-state index contributed by atoms with van der Waals surface area (Å²) >= 11 is 0. The molecule has 1 saturated heterocycles. The normalized spacial score (nSPS) is 22.4. The molecule has 2 unspecified atom stereocenters. The first-order chi connectivity index (χ1) is 10.1. The fourth-order valence-electron chi connectivity index (χ4n) is 3.12. The molecule has 1 N–H and O–H groups in total. The average Bonchev–Trinajstić information content (AvgIpc) is 2.96. The third-order valence-corrected chi connectivity index (χ3v) is 4.05. The molecule has 1 aliphatic heterocycles. The number of hydrogen-bond donors (Lipinski definition) is 1. The van der Waals surface area contributed by atoms with Crippen LogP contribution in [0.15, 0.2) is 54.6 Å². The van der Waals surface area contributed by atoms with Crippen LogP contribution < -0.4 is 5.32 Å². The van der Waals surface area contributed by atoms with Crippen molar-refractivity contribution in [3.63, 3.8) is 0 Å². The van der Waals surface area contributed by atoms with Gasteiger partial charge in [0, 0.05) is 12.0 Å². The molecule has 1 fully saturated rings. The van der Waals surface area contributed by atoms with Crippen LogP contribution >= 0.6 is 0 Å². The highest BCUT2D eigenvalue weighted by molar-refractivity contribution is 5.37. The molecule has 0 bridgehead atoms. The van der Waals surface area contributed by atoms with Crippen molar-refractivity contribution in [2.24, 2.45) is 0 Å². The number of nitrogens with one attached hydrogen (secondary N) is 1. The Kier molecular flexibility index (Phi) is 3.72. The van der Waals surface area contributed by atoms with Gasteiger partial charge < -0.3 is 5.32 Å². The van der Waals surface area contributed by atoms with E-state index in [0.29, 0.717) is 5.56 Å². The van der Waals surface area contributed by atoms with Gasteiger partial charge in [0.1, 0.15) is 0 Å². The lowest BCUT2D eigenvalue weighted by atomic mass is 9.86. The average molecular weight is 291 g/mol. The maximum absolute atomic E-state index is 13.2. The van der Waals surface area contributed by atoms with Crippen LogP contribution in [0.1, 0.15) is 35.1 Å². The van der Waals surface area contributed by atoms with Crippen molar-refractivity contribution in [3.05, 3.63) is 71.3 Å². The van der Waals surface area contributed by atoms with Crippen LogP contribution in [0, 0.1) is 0 Å². The molecule has 1 aliphatic rings. The summed E-state index contributed by atoms with van der Waals surface area (Å²) in [4.78, 5) is 0. The van der Waals surface area contributed by atoms with Crippen molar-refractivity contribution in [1.82, 2.24) is 5.32 Å². The molecule has 0 radical (unpaired) electrons. The minimum Gasteiger partial charge on any atom is -0.309 e. The van der Waals surface area contributed by atoms with E-state index in [1.807, 2.05) is 30.3 Å². The van der Waals surface area contributed by atoms with Crippen molar-refractivity contribution in [3.8, 4) is 0 Å². The summed E-state index contributed by atoms with van der Waals surface area (Å²) in [5.41, 5.74) is 0.895. The van der Waals surface area contributed by atoms with Gasteiger partial charge in [-0.15, -0.1) is 0 Å². The van der Waals surface area contributed by atoms with E-state index in [9.17, 15) is 13.2 Å². The zero-order valence-corrected chi connectivity index (χ0v) is 11.4. The molecular weight excluding hydrogens is 275 g/mol. The van der Waals surface area contributed by atoms with Crippen LogP contribution in [0.25, 0.3) is 0 Å². The van der Waals surface area contributed by atoms with Crippen LogP contribution in [0.5, 0.6) is 0 Å². The molecule has 0 saturated carbocycles. The second-order valence-corrected chi connectivity index (χ2v) is 5.32. The van der Waals surface area contributed by atoms with E-state index >= 15 is 0 Å². The van der Waals surface area contributed by atoms with Gasteiger partial charge in [0.05, 0.1) is 5.56 Å². The van der Waals surface area contributed by atoms with E-state index in [0.717, 1.165) is 24.6 Å². The van der Waals surface area contributed by atoms with Gasteiger partial charge in [-0.3, -0.25) is 0 Å². The molecule has 2 aromatic rings. The molecule has 0 aromatic heterocycles. The standard InChI is InChI=1S/C17H16F3N/c18-17(19,20)15-9-5-4-8-14(15)16-13(10-11-21-16)12-6-2-1-3-7-12/h1-9,13,16,21H,10-11H2. The molecule has 21 heavy (non-hydrogen) atoms. The SMILES string of the molecule is FC(F)(F)c1ccccc1C1NCCC1c1ccccc1. The number of alkyl halides is 3. The lowest BCUT2D eigenvalue weighted by molar-refractivity contribution is -0.138. The quantitative estimate of drug-likeness (QED) is 0.857. The fourth-order valence-corrected chi connectivity index (χ4v) is 3.12. The third-order valence-electron chi connectivity index (χ3n) is 4.05. The topological polar surface area (TPSA) is 12.0 Å². The molecule has 0 spiro atoms. The number of benzene rings is 2. The predicted octanol–water partition coefficient (Wildman–Crippen LogP) is 4.52. The van der Waals surface area contributed by atoms with Gasteiger partial charge in [-0.05, 0) is 30.2 Å². The molecule has 1 nitrogen and oxygen atoms in total. The molecule has 3 rings (SSSR count). The Labute approximate surface area is 121 Å². The van der Waals surface area contributed by atoms with E-state index in [1.165, 1.54) is 6.07 Å². The number of rotatable bonds is 2. The van der Waals surface area contributed by atoms with Crippen LogP contribution in [0.3, 0.4) is 0 Å². The van der Waals surface area contributed by atoms with Crippen LogP contribution in [0.2, 0.25) is 0 Å². The second kappa shape index (κ2) is 5.53. The highest BCUT2D eigenvalue weighted by Crippen LogP contribution is 2.42. The van der Waals surface area contributed by atoms with Crippen molar-refractivity contribution in [2.45, 2.75) is 24.6 Å². The maximum Gasteiger partial charge on any atom is 0.416 e. The summed E-state index contributed by atoms with van der Waals surface area (Å²) in [5, 5.41) is 3.23. The highest BCUT2D eigenvalue weighted by atomic mass is 19.4. The van der Waals surface area contributed by atoms with E-state index in [1.54, 1.807) is 12.1 Å². The maximum atomic E-state index is 13.2. The van der Waals surface area contributed by atoms with Gasteiger partial charge in [0.15, 0.2) is 0 Å². The van der Waals surface area contributed by atoms with Crippen molar-refractivity contribution in [2.75, 3.05) is 6.54 Å². The Morgan fingerprint density at radius 3 is 2.29 bits per heavy atom. The van der Waals surface area contributed by atoms with E-state index in [4.69, 9.17) is 0 Å². The largest absolute Gasteiger partial charge is 0.416 e. The smallest absolute Gasteiger partial charge is 0.309 e. The highest BCUT2D eigenvalue weighted by Gasteiger charge is 2.38. The summed E-state index contributed by atoms with van der Waals surface area (Å²) in [6, 6.07) is 15.3. The van der Waals surface area contributed by atoms with Gasteiger partial charge in [0.2, 0.25) is 0 Å². The van der Waals surface area contributed by atoms with Crippen LogP contribution in [-0.4, -0.2) is 6.54 Å².